The molecule has 0 aliphatic carbocycles. The number of carbonyl (C=O) groups excluding carboxylic acids is 2. The molecule has 0 aliphatic heterocycles. The number of anilines is 1. The largest absolute Gasteiger partial charge is 0.449 e. The summed E-state index contributed by atoms with van der Waals surface area (Å²) in [7, 11) is 0. The summed E-state index contributed by atoms with van der Waals surface area (Å²) in [5.41, 5.74) is 2.81. The van der Waals surface area contributed by atoms with Crippen LogP contribution in [0.15, 0.2) is 61.2 Å². The number of nitrogens with zero attached hydrogens (tertiary/aromatic N) is 3. The molecule has 0 saturated carbocycles. The van der Waals surface area contributed by atoms with E-state index in [4.69, 9.17) is 4.74 Å². The van der Waals surface area contributed by atoms with Crippen LogP contribution in [0.1, 0.15) is 22.8 Å². The van der Waals surface area contributed by atoms with E-state index in [2.05, 4.69) is 15.4 Å². The molecule has 1 heterocycles. The van der Waals surface area contributed by atoms with Crippen molar-refractivity contribution in [1.82, 2.24) is 14.8 Å². The average molecular weight is 350 g/mol. The summed E-state index contributed by atoms with van der Waals surface area (Å²) >= 11 is 0. The molecule has 0 radical (unpaired) electrons. The number of ether oxygens (including phenoxy) is 1. The average Bonchev–Trinajstić information content (AvgIpc) is 3.16. The van der Waals surface area contributed by atoms with Crippen molar-refractivity contribution in [2.45, 2.75) is 20.0 Å². The molecule has 7 heteroatoms. The molecule has 1 amide bonds. The molecule has 0 bridgehead atoms. The number of aromatic nitrogens is 3. The van der Waals surface area contributed by atoms with Crippen LogP contribution in [-0.4, -0.2) is 32.7 Å². The Labute approximate surface area is 150 Å². The van der Waals surface area contributed by atoms with E-state index in [-0.39, 0.29) is 5.91 Å². The summed E-state index contributed by atoms with van der Waals surface area (Å²) < 4.78 is 6.82. The second-order valence-corrected chi connectivity index (χ2v) is 5.79. The first kappa shape index (κ1) is 17.3. The van der Waals surface area contributed by atoms with Crippen molar-refractivity contribution in [3.05, 3.63) is 72.3 Å². The van der Waals surface area contributed by atoms with Crippen molar-refractivity contribution in [2.24, 2.45) is 0 Å². The molecule has 0 saturated heterocycles. The summed E-state index contributed by atoms with van der Waals surface area (Å²) in [6, 6.07) is 14.1. The second-order valence-electron chi connectivity index (χ2n) is 5.79. The third-order valence-corrected chi connectivity index (χ3v) is 3.72. The van der Waals surface area contributed by atoms with Crippen molar-refractivity contribution in [3.63, 3.8) is 0 Å². The first-order valence-electron chi connectivity index (χ1n) is 8.06. The van der Waals surface area contributed by atoms with Crippen molar-refractivity contribution in [2.75, 3.05) is 5.32 Å². The maximum absolute atomic E-state index is 12.2. The van der Waals surface area contributed by atoms with Gasteiger partial charge in [-0.3, -0.25) is 4.79 Å². The zero-order valence-corrected chi connectivity index (χ0v) is 14.4. The minimum absolute atomic E-state index is 0.351. The Morgan fingerprint density at radius 3 is 2.58 bits per heavy atom. The minimum Gasteiger partial charge on any atom is -0.449 e. The number of hydrogen-bond donors (Lipinski definition) is 1. The number of nitrogens with one attached hydrogen (secondary N) is 1. The van der Waals surface area contributed by atoms with Gasteiger partial charge in [0.1, 0.15) is 12.7 Å². The van der Waals surface area contributed by atoms with Gasteiger partial charge in [-0.25, -0.2) is 14.5 Å². The maximum atomic E-state index is 12.2. The fourth-order valence-electron chi connectivity index (χ4n) is 2.34. The predicted octanol–water partition coefficient (Wildman–Crippen LogP) is 2.76. The zero-order valence-electron chi connectivity index (χ0n) is 14.4. The lowest BCUT2D eigenvalue weighted by molar-refractivity contribution is -0.123. The van der Waals surface area contributed by atoms with Gasteiger partial charge in [-0.05, 0) is 55.8 Å². The summed E-state index contributed by atoms with van der Waals surface area (Å²) in [5.74, 6) is -0.954. The molecule has 3 rings (SSSR count). The van der Waals surface area contributed by atoms with Gasteiger partial charge in [-0.15, -0.1) is 0 Å². The number of rotatable bonds is 5. The molecular formula is C19H18N4O3. The monoisotopic (exact) mass is 350 g/mol. The van der Waals surface area contributed by atoms with Crippen molar-refractivity contribution in [1.29, 1.82) is 0 Å². The molecule has 7 nitrogen and oxygen atoms in total. The number of hydrogen-bond acceptors (Lipinski definition) is 5. The van der Waals surface area contributed by atoms with Gasteiger partial charge in [-0.1, -0.05) is 12.1 Å². The molecule has 0 fully saturated rings. The zero-order chi connectivity index (χ0) is 18.5. The quantitative estimate of drug-likeness (QED) is 0.715. The van der Waals surface area contributed by atoms with Gasteiger partial charge in [0.15, 0.2) is 6.10 Å². The lowest BCUT2D eigenvalue weighted by Crippen LogP contribution is -2.30. The Morgan fingerprint density at radius 2 is 1.92 bits per heavy atom. The number of benzene rings is 2. The predicted molar refractivity (Wildman–Crippen MR) is 96.0 cm³/mol. The third kappa shape index (κ3) is 4.13. The van der Waals surface area contributed by atoms with Crippen LogP contribution in [0.5, 0.6) is 0 Å². The molecule has 1 aromatic heterocycles. The van der Waals surface area contributed by atoms with E-state index in [1.165, 1.54) is 13.3 Å². The Kier molecular flexibility index (Phi) is 5.07. The van der Waals surface area contributed by atoms with Crippen molar-refractivity contribution in [3.8, 4) is 5.69 Å². The van der Waals surface area contributed by atoms with E-state index in [1.54, 1.807) is 41.3 Å². The van der Waals surface area contributed by atoms with Crippen LogP contribution in [0.2, 0.25) is 0 Å². The van der Waals surface area contributed by atoms with Gasteiger partial charge in [0.25, 0.3) is 5.91 Å². The van der Waals surface area contributed by atoms with Crippen molar-refractivity contribution >= 4 is 17.6 Å². The molecule has 0 spiro atoms. The molecule has 1 N–H and O–H groups in total. The highest BCUT2D eigenvalue weighted by atomic mass is 16.5. The van der Waals surface area contributed by atoms with E-state index in [9.17, 15) is 9.59 Å². The molecule has 0 aliphatic rings. The van der Waals surface area contributed by atoms with Crippen LogP contribution in [0, 0.1) is 6.92 Å². The smallest absolute Gasteiger partial charge is 0.338 e. The summed E-state index contributed by atoms with van der Waals surface area (Å²) in [5, 5.41) is 6.75. The second kappa shape index (κ2) is 7.60. The van der Waals surface area contributed by atoms with E-state index >= 15 is 0 Å². The van der Waals surface area contributed by atoms with E-state index in [0.717, 1.165) is 11.3 Å². The maximum Gasteiger partial charge on any atom is 0.338 e. The van der Waals surface area contributed by atoms with Crippen LogP contribution >= 0.6 is 0 Å². The number of aryl methyl sites for hydroxylation is 1. The molecule has 2 aromatic carbocycles. The van der Waals surface area contributed by atoms with Gasteiger partial charge < -0.3 is 10.1 Å². The van der Waals surface area contributed by atoms with Gasteiger partial charge in [0.05, 0.1) is 11.3 Å². The van der Waals surface area contributed by atoms with E-state index < -0.39 is 12.1 Å². The fourth-order valence-corrected chi connectivity index (χ4v) is 2.34. The first-order valence-corrected chi connectivity index (χ1v) is 8.06. The normalized spacial score (nSPS) is 11.6. The number of esters is 1. The highest BCUT2D eigenvalue weighted by molar-refractivity contribution is 5.97. The third-order valence-electron chi connectivity index (χ3n) is 3.72. The van der Waals surface area contributed by atoms with Crippen molar-refractivity contribution < 1.29 is 14.3 Å². The standard InChI is InChI=1S/C19H18N4O3/c1-13-4-3-5-16(10-13)22-18(24)14(2)26-19(25)15-6-8-17(9-7-15)23-12-20-11-21-23/h3-12,14H,1-2H3,(H,22,24)/t14-/m1/s1. The van der Waals surface area contributed by atoms with Crippen LogP contribution in [0.3, 0.4) is 0 Å². The Balaban J connectivity index is 1.60. The van der Waals surface area contributed by atoms with Crippen LogP contribution in [0.25, 0.3) is 5.69 Å². The highest BCUT2D eigenvalue weighted by Gasteiger charge is 2.19. The van der Waals surface area contributed by atoms with Gasteiger partial charge in [0, 0.05) is 5.69 Å². The Morgan fingerprint density at radius 1 is 1.15 bits per heavy atom. The highest BCUT2D eigenvalue weighted by Crippen LogP contribution is 2.13. The summed E-state index contributed by atoms with van der Waals surface area (Å²) in [6.45, 7) is 3.47. The van der Waals surface area contributed by atoms with Gasteiger partial charge in [-0.2, -0.15) is 5.10 Å². The molecular weight excluding hydrogens is 332 g/mol. The van der Waals surface area contributed by atoms with Gasteiger partial charge in [0.2, 0.25) is 0 Å². The lowest BCUT2D eigenvalue weighted by Gasteiger charge is -2.14. The van der Waals surface area contributed by atoms with E-state index in [1.807, 2.05) is 25.1 Å². The van der Waals surface area contributed by atoms with Crippen LogP contribution in [-0.2, 0) is 9.53 Å². The molecule has 1 atom stereocenters. The summed E-state index contributed by atoms with van der Waals surface area (Å²) in [4.78, 5) is 28.3. The summed E-state index contributed by atoms with van der Waals surface area (Å²) in [6.07, 6.45) is 2.07. The SMILES string of the molecule is Cc1cccc(NC(=O)[C@@H](C)OC(=O)c2ccc(-n3cncn3)cc2)c1. The van der Waals surface area contributed by atoms with Crippen LogP contribution in [0.4, 0.5) is 5.69 Å². The first-order chi connectivity index (χ1) is 12.5. The topological polar surface area (TPSA) is 86.1 Å². The van der Waals surface area contributed by atoms with Crippen LogP contribution < -0.4 is 5.32 Å². The molecule has 3 aromatic rings. The van der Waals surface area contributed by atoms with E-state index in [0.29, 0.717) is 11.3 Å². The van der Waals surface area contributed by atoms with Gasteiger partial charge >= 0.3 is 5.97 Å². The Bertz CT molecular complexity index is 905. The minimum atomic E-state index is -0.919. The number of amides is 1. The molecule has 26 heavy (non-hydrogen) atoms. The molecule has 132 valence electrons. The lowest BCUT2D eigenvalue weighted by atomic mass is 10.2. The Hall–Kier alpha value is -3.48. The number of carbonyl (C=O) groups is 2. The molecule has 0 unspecified atom stereocenters. The fraction of sp³-hybridized carbons (Fsp3) is 0.158.